The third-order valence-corrected chi connectivity index (χ3v) is 4.98. The van der Waals surface area contributed by atoms with Crippen LogP contribution in [-0.4, -0.2) is 72.4 Å². The summed E-state index contributed by atoms with van der Waals surface area (Å²) < 4.78 is 10.3. The fourth-order valence-corrected chi connectivity index (χ4v) is 3.37. The van der Waals surface area contributed by atoms with Crippen LogP contribution in [0.15, 0.2) is 39.8 Å². The Balaban J connectivity index is 0.00000320. The molecule has 166 valence electrons. The molecular weight excluding hydrogens is 497 g/mol. The van der Waals surface area contributed by atoms with Crippen molar-refractivity contribution < 1.29 is 14.4 Å². The van der Waals surface area contributed by atoms with Crippen LogP contribution in [0.4, 0.5) is 0 Å². The van der Waals surface area contributed by atoms with E-state index in [1.165, 1.54) is 0 Å². The van der Waals surface area contributed by atoms with Gasteiger partial charge in [0.25, 0.3) is 0 Å². The number of aryl methyl sites for hydroxylation is 1. The van der Waals surface area contributed by atoms with Gasteiger partial charge in [-0.05, 0) is 31.5 Å². The molecule has 30 heavy (non-hydrogen) atoms. The Morgan fingerprint density at radius 3 is 2.53 bits per heavy atom. The molecule has 0 bridgehead atoms. The smallest absolute Gasteiger partial charge is 0.194 e. The summed E-state index contributed by atoms with van der Waals surface area (Å²) in [5.74, 6) is 2.46. The third-order valence-electron chi connectivity index (χ3n) is 4.98. The van der Waals surface area contributed by atoms with Crippen LogP contribution in [0.3, 0.4) is 0 Å². The van der Waals surface area contributed by atoms with Gasteiger partial charge in [-0.1, -0.05) is 17.3 Å². The van der Waals surface area contributed by atoms with Gasteiger partial charge in [-0.15, -0.1) is 24.0 Å². The average molecular weight is 529 g/mol. The van der Waals surface area contributed by atoms with Crippen molar-refractivity contribution in [1.29, 1.82) is 0 Å². The van der Waals surface area contributed by atoms with Crippen LogP contribution in [0.2, 0.25) is 0 Å². The lowest BCUT2D eigenvalue weighted by Crippen LogP contribution is -2.52. The van der Waals surface area contributed by atoms with Gasteiger partial charge in [0.15, 0.2) is 5.96 Å². The van der Waals surface area contributed by atoms with Crippen molar-refractivity contribution in [1.82, 2.24) is 20.3 Å². The molecule has 2 heterocycles. The number of aromatic nitrogens is 1. The van der Waals surface area contributed by atoms with E-state index in [9.17, 15) is 5.11 Å². The molecule has 8 nitrogen and oxygen atoms in total. The Bertz CT molecular complexity index is 788. The molecule has 0 spiro atoms. The molecule has 1 fully saturated rings. The standard InChI is InChI=1S/C21H31N5O3.HI/c1-4-22-21(23-14-20(27)17-5-7-19(28-3)8-6-17)26-11-9-25(10-12-26)15-18-13-16(2)29-24-18;/h5-8,13,20,27H,4,9-12,14-15H2,1-3H3,(H,22,23);1H. The van der Waals surface area contributed by atoms with Crippen molar-refractivity contribution in [2.24, 2.45) is 4.99 Å². The maximum Gasteiger partial charge on any atom is 0.194 e. The summed E-state index contributed by atoms with van der Waals surface area (Å²) in [4.78, 5) is 9.28. The van der Waals surface area contributed by atoms with E-state index < -0.39 is 6.10 Å². The van der Waals surface area contributed by atoms with E-state index in [4.69, 9.17) is 9.26 Å². The number of nitrogens with zero attached hydrogens (tertiary/aromatic N) is 4. The van der Waals surface area contributed by atoms with Crippen LogP contribution < -0.4 is 10.1 Å². The van der Waals surface area contributed by atoms with Crippen LogP contribution in [0.5, 0.6) is 5.75 Å². The average Bonchev–Trinajstić information content (AvgIpc) is 3.16. The molecule has 1 aliphatic rings. The van der Waals surface area contributed by atoms with Gasteiger partial charge in [0.2, 0.25) is 0 Å². The molecule has 1 aromatic carbocycles. The molecule has 1 saturated heterocycles. The Kier molecular flexibility index (Phi) is 9.86. The third kappa shape index (κ3) is 6.85. The fraction of sp³-hybridized carbons (Fsp3) is 0.524. The summed E-state index contributed by atoms with van der Waals surface area (Å²) in [6, 6.07) is 9.43. The van der Waals surface area contributed by atoms with E-state index in [1.54, 1.807) is 7.11 Å². The number of piperazine rings is 1. The van der Waals surface area contributed by atoms with E-state index in [1.807, 2.05) is 37.3 Å². The minimum absolute atomic E-state index is 0. The molecule has 3 rings (SSSR count). The Labute approximate surface area is 195 Å². The van der Waals surface area contributed by atoms with Gasteiger partial charge in [-0.25, -0.2) is 0 Å². The first-order chi connectivity index (χ1) is 14.1. The molecule has 1 unspecified atom stereocenters. The predicted octanol–water partition coefficient (Wildman–Crippen LogP) is 2.43. The maximum atomic E-state index is 10.5. The summed E-state index contributed by atoms with van der Waals surface area (Å²) in [5.41, 5.74) is 1.80. The largest absolute Gasteiger partial charge is 0.497 e. The maximum absolute atomic E-state index is 10.5. The Morgan fingerprint density at radius 1 is 1.27 bits per heavy atom. The van der Waals surface area contributed by atoms with E-state index in [2.05, 4.69) is 32.2 Å². The Morgan fingerprint density at radius 2 is 1.97 bits per heavy atom. The van der Waals surface area contributed by atoms with Gasteiger partial charge < -0.3 is 24.6 Å². The number of aliphatic hydroxyl groups excluding tert-OH is 1. The topological polar surface area (TPSA) is 86.4 Å². The molecule has 0 saturated carbocycles. The number of rotatable bonds is 7. The minimum atomic E-state index is -0.647. The van der Waals surface area contributed by atoms with Gasteiger partial charge >= 0.3 is 0 Å². The molecule has 2 aromatic rings. The zero-order valence-electron chi connectivity index (χ0n) is 17.9. The highest BCUT2D eigenvalue weighted by Crippen LogP contribution is 2.18. The van der Waals surface area contributed by atoms with Crippen LogP contribution in [0.25, 0.3) is 0 Å². The summed E-state index contributed by atoms with van der Waals surface area (Å²) in [6.07, 6.45) is -0.647. The van der Waals surface area contributed by atoms with Gasteiger partial charge in [-0.3, -0.25) is 9.89 Å². The molecule has 0 aliphatic carbocycles. The highest BCUT2D eigenvalue weighted by Gasteiger charge is 2.21. The number of hydrogen-bond acceptors (Lipinski definition) is 6. The fourth-order valence-electron chi connectivity index (χ4n) is 3.37. The second-order valence-corrected chi connectivity index (χ2v) is 7.18. The summed E-state index contributed by atoms with van der Waals surface area (Å²) in [7, 11) is 1.63. The summed E-state index contributed by atoms with van der Waals surface area (Å²) in [6.45, 7) is 9.47. The van der Waals surface area contributed by atoms with Crippen molar-refractivity contribution in [3.8, 4) is 5.75 Å². The zero-order chi connectivity index (χ0) is 20.6. The normalized spacial score (nSPS) is 16.1. The molecule has 1 aromatic heterocycles. The lowest BCUT2D eigenvalue weighted by Gasteiger charge is -2.36. The van der Waals surface area contributed by atoms with Gasteiger partial charge in [-0.2, -0.15) is 0 Å². The number of ether oxygens (including phenoxy) is 1. The highest BCUT2D eigenvalue weighted by atomic mass is 127. The van der Waals surface area contributed by atoms with Crippen molar-refractivity contribution in [3.63, 3.8) is 0 Å². The number of aliphatic hydroxyl groups is 1. The van der Waals surface area contributed by atoms with Crippen LogP contribution in [0, 0.1) is 6.92 Å². The monoisotopic (exact) mass is 529 g/mol. The predicted molar refractivity (Wildman–Crippen MR) is 127 cm³/mol. The number of halogens is 1. The van der Waals surface area contributed by atoms with Gasteiger partial charge in [0.05, 0.1) is 25.5 Å². The minimum Gasteiger partial charge on any atom is -0.497 e. The number of aliphatic imine (C=N–C) groups is 1. The van der Waals surface area contributed by atoms with Crippen molar-refractivity contribution >= 4 is 29.9 Å². The number of nitrogens with one attached hydrogen (secondary N) is 1. The molecular formula is C21H32IN5O3. The second kappa shape index (κ2) is 12.1. The first kappa shape index (κ1) is 24.4. The van der Waals surface area contributed by atoms with Crippen LogP contribution in [-0.2, 0) is 6.54 Å². The number of benzene rings is 1. The van der Waals surface area contributed by atoms with Crippen molar-refractivity contribution in [2.75, 3.05) is 46.4 Å². The molecule has 0 radical (unpaired) electrons. The zero-order valence-corrected chi connectivity index (χ0v) is 20.2. The SMILES string of the molecule is CCNC(=NCC(O)c1ccc(OC)cc1)N1CCN(Cc2cc(C)on2)CC1.I. The molecule has 1 atom stereocenters. The number of hydrogen-bond donors (Lipinski definition) is 2. The van der Waals surface area contributed by atoms with Crippen LogP contribution in [0.1, 0.15) is 30.0 Å². The van der Waals surface area contributed by atoms with Crippen LogP contribution >= 0.6 is 24.0 Å². The van der Waals surface area contributed by atoms with E-state index in [0.717, 1.165) is 68.0 Å². The summed E-state index contributed by atoms with van der Waals surface area (Å²) >= 11 is 0. The lowest BCUT2D eigenvalue weighted by atomic mass is 10.1. The molecule has 2 N–H and O–H groups in total. The second-order valence-electron chi connectivity index (χ2n) is 7.18. The number of methoxy groups -OCH3 is 1. The molecule has 1 aliphatic heterocycles. The quantitative estimate of drug-likeness (QED) is 0.324. The van der Waals surface area contributed by atoms with Crippen molar-refractivity contribution in [3.05, 3.63) is 47.3 Å². The Hall–Kier alpha value is -1.85. The lowest BCUT2D eigenvalue weighted by molar-refractivity contribution is 0.166. The van der Waals surface area contributed by atoms with E-state index in [-0.39, 0.29) is 24.0 Å². The first-order valence-electron chi connectivity index (χ1n) is 10.1. The van der Waals surface area contributed by atoms with E-state index in [0.29, 0.717) is 6.54 Å². The van der Waals surface area contributed by atoms with E-state index >= 15 is 0 Å². The molecule has 9 heteroatoms. The van der Waals surface area contributed by atoms with Gasteiger partial charge in [0.1, 0.15) is 11.5 Å². The summed E-state index contributed by atoms with van der Waals surface area (Å²) in [5, 5.41) is 17.9. The number of guanidine groups is 1. The van der Waals surface area contributed by atoms with Gasteiger partial charge in [0, 0.05) is 45.3 Å². The first-order valence-corrected chi connectivity index (χ1v) is 10.1. The van der Waals surface area contributed by atoms with Crippen molar-refractivity contribution in [2.45, 2.75) is 26.5 Å². The molecule has 0 amide bonds. The highest BCUT2D eigenvalue weighted by molar-refractivity contribution is 14.0.